The van der Waals surface area contributed by atoms with Gasteiger partial charge in [0.2, 0.25) is 5.91 Å². The van der Waals surface area contributed by atoms with E-state index in [2.05, 4.69) is 15.2 Å². The number of hydrogen-bond donors (Lipinski definition) is 1. The van der Waals surface area contributed by atoms with E-state index in [9.17, 15) is 9.59 Å². The Morgan fingerprint density at radius 1 is 1.13 bits per heavy atom. The van der Waals surface area contributed by atoms with E-state index in [1.165, 1.54) is 23.5 Å². The molecule has 0 unspecified atom stereocenters. The summed E-state index contributed by atoms with van der Waals surface area (Å²) in [5, 5.41) is 2.89. The van der Waals surface area contributed by atoms with E-state index in [4.69, 9.17) is 4.74 Å². The van der Waals surface area contributed by atoms with E-state index < -0.39 is 0 Å². The number of nitrogens with one attached hydrogen (secondary N) is 1. The van der Waals surface area contributed by atoms with Crippen LogP contribution in [0.5, 0.6) is 0 Å². The lowest BCUT2D eigenvalue weighted by atomic mass is 10.2. The van der Waals surface area contributed by atoms with Crippen LogP contribution in [0.2, 0.25) is 0 Å². The monoisotopic (exact) mass is 439 g/mol. The molecule has 0 aliphatic carbocycles. The molecule has 2 aromatic rings. The molecule has 2 aromatic carbocycles. The van der Waals surface area contributed by atoms with Gasteiger partial charge in [-0.15, -0.1) is 0 Å². The van der Waals surface area contributed by atoms with E-state index in [0.29, 0.717) is 9.28 Å². The zero-order chi connectivity index (χ0) is 20.8. The fraction of sp³-hybridized carbons (Fsp3) is 0.227. The molecule has 0 atom stereocenters. The van der Waals surface area contributed by atoms with E-state index in [-0.39, 0.29) is 17.6 Å². The number of anilines is 2. The van der Waals surface area contributed by atoms with E-state index in [1.807, 2.05) is 60.7 Å². The highest BCUT2D eigenvalue weighted by Gasteiger charge is 2.22. The van der Waals surface area contributed by atoms with Crippen molar-refractivity contribution in [2.45, 2.75) is 0 Å². The Morgan fingerprint density at radius 2 is 1.87 bits per heavy atom. The molecule has 0 spiro atoms. The maximum absolute atomic E-state index is 12.3. The highest BCUT2D eigenvalue weighted by atomic mass is 32.2. The van der Waals surface area contributed by atoms with Gasteiger partial charge in [-0.05, 0) is 35.9 Å². The summed E-state index contributed by atoms with van der Waals surface area (Å²) in [6.07, 6.45) is 1.82. The number of ether oxygens (including phenoxy) is 1. The Hall–Kier alpha value is -2.55. The molecule has 4 rings (SSSR count). The number of amides is 2. The van der Waals surface area contributed by atoms with Crippen molar-refractivity contribution in [2.24, 2.45) is 4.99 Å². The summed E-state index contributed by atoms with van der Waals surface area (Å²) in [6.45, 7) is 3.23. The molecule has 0 bridgehead atoms. The summed E-state index contributed by atoms with van der Waals surface area (Å²) in [5.41, 5.74) is 2.83. The van der Waals surface area contributed by atoms with E-state index in [1.54, 1.807) is 0 Å². The minimum atomic E-state index is -0.259. The largest absolute Gasteiger partial charge is 0.378 e. The number of hydrogen-bond acceptors (Lipinski definition) is 6. The van der Waals surface area contributed by atoms with Crippen LogP contribution in [0.1, 0.15) is 5.56 Å². The van der Waals surface area contributed by atoms with Crippen molar-refractivity contribution in [3.05, 3.63) is 65.1 Å². The number of morpholine rings is 1. The molecule has 0 aromatic heterocycles. The molecule has 2 aliphatic heterocycles. The Balaban J connectivity index is 1.26. The molecule has 1 fully saturated rings. The number of carbonyl (C=O) groups is 2. The average molecular weight is 440 g/mol. The van der Waals surface area contributed by atoms with Crippen molar-refractivity contribution in [3.63, 3.8) is 0 Å². The third-order valence-electron chi connectivity index (χ3n) is 4.55. The first-order valence-corrected chi connectivity index (χ1v) is 11.4. The molecular formula is C22H21N3O3S2. The van der Waals surface area contributed by atoms with Gasteiger partial charge in [0, 0.05) is 24.5 Å². The van der Waals surface area contributed by atoms with Crippen molar-refractivity contribution >= 4 is 57.2 Å². The topological polar surface area (TPSA) is 71.0 Å². The zero-order valence-corrected chi connectivity index (χ0v) is 17.9. The molecule has 2 heterocycles. The van der Waals surface area contributed by atoms with Gasteiger partial charge < -0.3 is 15.0 Å². The van der Waals surface area contributed by atoms with Gasteiger partial charge in [-0.25, -0.2) is 0 Å². The van der Waals surface area contributed by atoms with Gasteiger partial charge in [0.1, 0.15) is 4.38 Å². The molecule has 6 nitrogen and oxygen atoms in total. The molecule has 8 heteroatoms. The maximum Gasteiger partial charge on any atom is 0.285 e. The van der Waals surface area contributed by atoms with Crippen molar-refractivity contribution in [1.29, 1.82) is 0 Å². The lowest BCUT2D eigenvalue weighted by molar-refractivity contribution is -0.114. The third kappa shape index (κ3) is 5.53. The quantitative estimate of drug-likeness (QED) is 0.714. The number of aliphatic imine (C=N–C) groups is 1. The summed E-state index contributed by atoms with van der Waals surface area (Å²) in [4.78, 5) is 31.3. The fourth-order valence-electron chi connectivity index (χ4n) is 3.05. The normalized spacial score (nSPS) is 17.9. The first-order chi connectivity index (χ1) is 14.7. The van der Waals surface area contributed by atoms with Crippen molar-refractivity contribution < 1.29 is 14.3 Å². The Kier molecular flexibility index (Phi) is 6.88. The zero-order valence-electron chi connectivity index (χ0n) is 16.2. The van der Waals surface area contributed by atoms with Crippen LogP contribution in [0.4, 0.5) is 11.4 Å². The summed E-state index contributed by atoms with van der Waals surface area (Å²) in [6, 6.07) is 17.5. The first kappa shape index (κ1) is 20.7. The van der Waals surface area contributed by atoms with E-state index in [0.717, 1.165) is 43.2 Å². The second kappa shape index (κ2) is 9.97. The third-order valence-corrected chi connectivity index (χ3v) is 6.68. The Morgan fingerprint density at radius 3 is 2.60 bits per heavy atom. The number of nitrogens with zero attached hydrogens (tertiary/aromatic N) is 2. The van der Waals surface area contributed by atoms with E-state index >= 15 is 0 Å². The van der Waals surface area contributed by atoms with Gasteiger partial charge >= 0.3 is 0 Å². The van der Waals surface area contributed by atoms with Gasteiger partial charge in [-0.1, -0.05) is 53.9 Å². The predicted octanol–water partition coefficient (Wildman–Crippen LogP) is 3.87. The summed E-state index contributed by atoms with van der Waals surface area (Å²) >= 11 is 2.58. The van der Waals surface area contributed by atoms with Crippen molar-refractivity contribution in [2.75, 3.05) is 42.3 Å². The minimum Gasteiger partial charge on any atom is -0.378 e. The van der Waals surface area contributed by atoms with Crippen molar-refractivity contribution in [3.8, 4) is 0 Å². The van der Waals surface area contributed by atoms with Gasteiger partial charge in [-0.2, -0.15) is 4.99 Å². The first-order valence-electron chi connectivity index (χ1n) is 9.60. The van der Waals surface area contributed by atoms with Crippen LogP contribution in [0.25, 0.3) is 6.08 Å². The SMILES string of the molecule is O=C(CSC1=NC(=O)C(=Cc2ccccc2)S1)Nc1ccc(N2CCOCC2)cc1. The van der Waals surface area contributed by atoms with Crippen LogP contribution >= 0.6 is 23.5 Å². The summed E-state index contributed by atoms with van der Waals surface area (Å²) in [5.74, 6) is -0.191. The smallest absolute Gasteiger partial charge is 0.285 e. The fourth-order valence-corrected chi connectivity index (χ4v) is 4.85. The lowest BCUT2D eigenvalue weighted by Gasteiger charge is -2.28. The average Bonchev–Trinajstić information content (AvgIpc) is 3.13. The Bertz CT molecular complexity index is 969. The highest BCUT2D eigenvalue weighted by Crippen LogP contribution is 2.33. The van der Waals surface area contributed by atoms with Crippen LogP contribution in [-0.4, -0.2) is 48.2 Å². The molecule has 2 aliphatic rings. The molecule has 0 radical (unpaired) electrons. The molecular weight excluding hydrogens is 418 g/mol. The molecule has 30 heavy (non-hydrogen) atoms. The number of benzene rings is 2. The molecule has 1 N–H and O–H groups in total. The van der Waals surface area contributed by atoms with Crippen LogP contribution in [0.3, 0.4) is 0 Å². The van der Waals surface area contributed by atoms with Gasteiger partial charge in [0.15, 0.2) is 0 Å². The number of carbonyl (C=O) groups excluding carboxylic acids is 2. The lowest BCUT2D eigenvalue weighted by Crippen LogP contribution is -2.36. The predicted molar refractivity (Wildman–Crippen MR) is 125 cm³/mol. The number of thioether (sulfide) groups is 2. The van der Waals surface area contributed by atoms with Crippen LogP contribution in [0, 0.1) is 0 Å². The van der Waals surface area contributed by atoms with Gasteiger partial charge in [0.25, 0.3) is 5.91 Å². The molecule has 2 amide bonds. The minimum absolute atomic E-state index is 0.129. The van der Waals surface area contributed by atoms with Gasteiger partial charge in [0.05, 0.1) is 23.9 Å². The molecule has 0 saturated carbocycles. The van der Waals surface area contributed by atoms with Crippen LogP contribution in [-0.2, 0) is 14.3 Å². The Labute approximate surface area is 183 Å². The summed E-state index contributed by atoms with van der Waals surface area (Å²) < 4.78 is 5.97. The maximum atomic E-state index is 12.3. The molecule has 1 saturated heterocycles. The number of rotatable bonds is 5. The second-order valence-corrected chi connectivity index (χ2v) is 8.94. The summed E-state index contributed by atoms with van der Waals surface area (Å²) in [7, 11) is 0. The second-order valence-electron chi connectivity index (χ2n) is 6.69. The highest BCUT2D eigenvalue weighted by molar-refractivity contribution is 8.41. The van der Waals surface area contributed by atoms with Crippen LogP contribution < -0.4 is 10.2 Å². The molecule has 154 valence electrons. The standard InChI is InChI=1S/C22H21N3O3S2/c26-20(23-17-6-8-18(9-7-17)25-10-12-28-13-11-25)15-29-22-24-21(27)19(30-22)14-16-4-2-1-3-5-16/h1-9,14H,10-13,15H2,(H,23,26). The van der Waals surface area contributed by atoms with Gasteiger partial charge in [-0.3, -0.25) is 9.59 Å². The van der Waals surface area contributed by atoms with Crippen LogP contribution in [0.15, 0.2) is 64.5 Å². The van der Waals surface area contributed by atoms with Crippen molar-refractivity contribution in [1.82, 2.24) is 0 Å².